The van der Waals surface area contributed by atoms with Gasteiger partial charge in [-0.1, -0.05) is 162 Å². The fraction of sp³-hybridized carbons (Fsp3) is 0.919. The summed E-state index contributed by atoms with van der Waals surface area (Å²) in [5.41, 5.74) is 0. The zero-order chi connectivity index (χ0) is 31.6. The zero-order valence-corrected chi connectivity index (χ0v) is 28.7. The van der Waals surface area contributed by atoms with E-state index < -0.39 is 6.10 Å². The van der Waals surface area contributed by atoms with Crippen LogP contribution in [0.2, 0.25) is 0 Å². The number of hydrogen-bond acceptors (Lipinski definition) is 6. The minimum atomic E-state index is -0.753. The average Bonchev–Trinajstić information content (AvgIpc) is 3.00. The molecule has 0 heterocycles. The maximum Gasteiger partial charge on any atom is 0.306 e. The second-order valence-corrected chi connectivity index (χ2v) is 12.5. The van der Waals surface area contributed by atoms with Crippen molar-refractivity contribution >= 4 is 17.9 Å². The highest BCUT2D eigenvalue weighted by Crippen LogP contribution is 2.14. The summed E-state index contributed by atoms with van der Waals surface area (Å²) in [5, 5.41) is 0. The van der Waals surface area contributed by atoms with Gasteiger partial charge >= 0.3 is 17.9 Å². The molecule has 0 saturated heterocycles. The lowest BCUT2D eigenvalue weighted by molar-refractivity contribution is -0.167. The third-order valence-electron chi connectivity index (χ3n) is 8.11. The Hall–Kier alpha value is -1.59. The maximum atomic E-state index is 12.5. The Labute approximate surface area is 266 Å². The molecular formula is C37H70O6. The average molecular weight is 611 g/mol. The van der Waals surface area contributed by atoms with Crippen LogP contribution in [0.25, 0.3) is 0 Å². The molecule has 0 aliphatic heterocycles. The molecule has 0 amide bonds. The Bertz CT molecular complexity index is 635. The molecule has 0 aromatic carbocycles. The second kappa shape index (κ2) is 33.3. The standard InChI is InChI=1S/C37H70O6/c1-4-7-10-13-15-16-17-18-19-20-22-24-27-30-36(39)42-33-34(32-41-35(38)29-26-23-12-9-6-3)43-37(40)31-28-25-21-14-11-8-5-2/h34H,4-33H2,1-3H3/t34-/m0/s1. The second-order valence-electron chi connectivity index (χ2n) is 12.5. The summed E-state index contributed by atoms with van der Waals surface area (Å²) in [5.74, 6) is -0.886. The van der Waals surface area contributed by atoms with Crippen LogP contribution in [0.15, 0.2) is 0 Å². The summed E-state index contributed by atoms with van der Waals surface area (Å²) in [4.78, 5) is 37.0. The first-order chi connectivity index (χ1) is 21.0. The lowest BCUT2D eigenvalue weighted by Crippen LogP contribution is -2.30. The molecule has 0 radical (unpaired) electrons. The van der Waals surface area contributed by atoms with Crippen molar-refractivity contribution in [2.75, 3.05) is 13.2 Å². The van der Waals surface area contributed by atoms with Crippen molar-refractivity contribution in [1.29, 1.82) is 0 Å². The lowest BCUT2D eigenvalue weighted by atomic mass is 10.0. The molecule has 0 fully saturated rings. The molecule has 0 bridgehead atoms. The topological polar surface area (TPSA) is 78.9 Å². The molecular weight excluding hydrogens is 540 g/mol. The molecule has 0 rings (SSSR count). The van der Waals surface area contributed by atoms with Gasteiger partial charge in [0.05, 0.1) is 0 Å². The molecule has 6 heteroatoms. The third-order valence-corrected chi connectivity index (χ3v) is 8.11. The SMILES string of the molecule is CCCCCCCCCCCCCCCC(=O)OC[C@H](COC(=O)CCCCCCC)OC(=O)CCCCCCCCC. The Morgan fingerprint density at radius 3 is 0.930 bits per heavy atom. The van der Waals surface area contributed by atoms with Crippen LogP contribution in [-0.4, -0.2) is 37.2 Å². The van der Waals surface area contributed by atoms with Crippen LogP contribution in [0.5, 0.6) is 0 Å². The highest BCUT2D eigenvalue weighted by molar-refractivity contribution is 5.71. The van der Waals surface area contributed by atoms with E-state index in [1.165, 1.54) is 96.3 Å². The smallest absolute Gasteiger partial charge is 0.306 e. The normalized spacial score (nSPS) is 11.8. The van der Waals surface area contributed by atoms with Crippen molar-refractivity contribution in [3.63, 3.8) is 0 Å². The highest BCUT2D eigenvalue weighted by atomic mass is 16.6. The van der Waals surface area contributed by atoms with E-state index in [2.05, 4.69) is 20.8 Å². The van der Waals surface area contributed by atoms with Crippen molar-refractivity contribution in [3.8, 4) is 0 Å². The zero-order valence-electron chi connectivity index (χ0n) is 28.7. The van der Waals surface area contributed by atoms with Crippen molar-refractivity contribution in [2.45, 2.75) is 207 Å². The molecule has 0 aromatic rings. The molecule has 0 aliphatic rings. The molecule has 0 aromatic heterocycles. The predicted octanol–water partition coefficient (Wildman–Crippen LogP) is 11.0. The van der Waals surface area contributed by atoms with E-state index in [9.17, 15) is 14.4 Å². The van der Waals surface area contributed by atoms with Crippen LogP contribution in [0.3, 0.4) is 0 Å². The summed E-state index contributed by atoms with van der Waals surface area (Å²) in [6.45, 7) is 6.49. The van der Waals surface area contributed by atoms with Crippen LogP contribution in [-0.2, 0) is 28.6 Å². The molecule has 0 aliphatic carbocycles. The molecule has 43 heavy (non-hydrogen) atoms. The Morgan fingerprint density at radius 1 is 0.372 bits per heavy atom. The van der Waals surface area contributed by atoms with Crippen molar-refractivity contribution in [3.05, 3.63) is 0 Å². The van der Waals surface area contributed by atoms with Crippen LogP contribution in [0.4, 0.5) is 0 Å². The van der Waals surface area contributed by atoms with Crippen LogP contribution in [0, 0.1) is 0 Å². The number of rotatable bonds is 33. The van der Waals surface area contributed by atoms with E-state index >= 15 is 0 Å². The van der Waals surface area contributed by atoms with Gasteiger partial charge in [0.15, 0.2) is 6.10 Å². The van der Waals surface area contributed by atoms with Gasteiger partial charge in [-0.15, -0.1) is 0 Å². The predicted molar refractivity (Wildman–Crippen MR) is 178 cm³/mol. The van der Waals surface area contributed by atoms with Crippen LogP contribution < -0.4 is 0 Å². The summed E-state index contributed by atoms with van der Waals surface area (Å²) in [6, 6.07) is 0. The van der Waals surface area contributed by atoms with Gasteiger partial charge in [0.2, 0.25) is 0 Å². The number of carbonyl (C=O) groups is 3. The molecule has 0 N–H and O–H groups in total. The molecule has 0 saturated carbocycles. The van der Waals surface area contributed by atoms with E-state index in [4.69, 9.17) is 14.2 Å². The van der Waals surface area contributed by atoms with Crippen LogP contribution in [0.1, 0.15) is 201 Å². The Kier molecular flexibility index (Phi) is 32.1. The number of carbonyl (C=O) groups excluding carboxylic acids is 3. The molecule has 0 spiro atoms. The van der Waals surface area contributed by atoms with Gasteiger partial charge in [0.25, 0.3) is 0 Å². The lowest BCUT2D eigenvalue weighted by Gasteiger charge is -2.18. The third kappa shape index (κ3) is 31.6. The fourth-order valence-electron chi connectivity index (χ4n) is 5.26. The first-order valence-corrected chi connectivity index (χ1v) is 18.5. The summed E-state index contributed by atoms with van der Waals surface area (Å²) >= 11 is 0. The van der Waals surface area contributed by atoms with Crippen molar-refractivity contribution < 1.29 is 28.6 Å². The van der Waals surface area contributed by atoms with Gasteiger partial charge in [-0.05, 0) is 19.3 Å². The molecule has 254 valence electrons. The van der Waals surface area contributed by atoms with E-state index in [0.29, 0.717) is 19.3 Å². The monoisotopic (exact) mass is 611 g/mol. The molecule has 1 atom stereocenters. The minimum absolute atomic E-state index is 0.0657. The summed E-state index contributed by atoms with van der Waals surface area (Å²) in [6.07, 6.45) is 29.8. The van der Waals surface area contributed by atoms with Gasteiger partial charge < -0.3 is 14.2 Å². The van der Waals surface area contributed by atoms with Gasteiger partial charge in [-0.3, -0.25) is 14.4 Å². The number of unbranched alkanes of at least 4 members (excludes halogenated alkanes) is 22. The van der Waals surface area contributed by atoms with E-state index in [-0.39, 0.29) is 31.1 Å². The molecule has 0 unspecified atom stereocenters. The van der Waals surface area contributed by atoms with Gasteiger partial charge in [-0.25, -0.2) is 0 Å². The van der Waals surface area contributed by atoms with E-state index in [1.807, 2.05) is 0 Å². The maximum absolute atomic E-state index is 12.5. The van der Waals surface area contributed by atoms with Gasteiger partial charge in [0.1, 0.15) is 13.2 Å². The first-order valence-electron chi connectivity index (χ1n) is 18.5. The van der Waals surface area contributed by atoms with Crippen LogP contribution >= 0.6 is 0 Å². The summed E-state index contributed by atoms with van der Waals surface area (Å²) < 4.78 is 16.4. The quantitative estimate of drug-likeness (QED) is 0.0418. The Balaban J connectivity index is 4.21. The summed E-state index contributed by atoms with van der Waals surface area (Å²) in [7, 11) is 0. The number of hydrogen-bond donors (Lipinski definition) is 0. The fourth-order valence-corrected chi connectivity index (χ4v) is 5.26. The number of esters is 3. The highest BCUT2D eigenvalue weighted by Gasteiger charge is 2.19. The van der Waals surface area contributed by atoms with E-state index in [1.54, 1.807) is 0 Å². The van der Waals surface area contributed by atoms with Crippen molar-refractivity contribution in [1.82, 2.24) is 0 Å². The van der Waals surface area contributed by atoms with Gasteiger partial charge in [-0.2, -0.15) is 0 Å². The van der Waals surface area contributed by atoms with Gasteiger partial charge in [0, 0.05) is 19.3 Å². The molecule has 6 nitrogen and oxygen atoms in total. The number of ether oxygens (including phenoxy) is 3. The minimum Gasteiger partial charge on any atom is -0.462 e. The Morgan fingerprint density at radius 2 is 0.628 bits per heavy atom. The van der Waals surface area contributed by atoms with E-state index in [0.717, 1.165) is 64.2 Å². The first kappa shape index (κ1) is 41.4. The van der Waals surface area contributed by atoms with Crippen molar-refractivity contribution in [2.24, 2.45) is 0 Å². The largest absolute Gasteiger partial charge is 0.462 e.